The van der Waals surface area contributed by atoms with Gasteiger partial charge in [0.1, 0.15) is 5.75 Å². The SMILES string of the molecule is COc1cc(NC2CN3CCC2CC3)ccc1N. The van der Waals surface area contributed by atoms with E-state index in [1.165, 1.54) is 25.9 Å². The highest BCUT2D eigenvalue weighted by Crippen LogP contribution is 2.31. The summed E-state index contributed by atoms with van der Waals surface area (Å²) in [6.45, 7) is 3.71. The van der Waals surface area contributed by atoms with Crippen LogP contribution in [-0.2, 0) is 0 Å². The smallest absolute Gasteiger partial charge is 0.143 e. The van der Waals surface area contributed by atoms with E-state index >= 15 is 0 Å². The molecule has 1 atom stereocenters. The van der Waals surface area contributed by atoms with Crippen LogP contribution in [0.25, 0.3) is 0 Å². The molecular formula is C14H21N3O. The third kappa shape index (κ3) is 2.12. The first-order valence-electron chi connectivity index (χ1n) is 6.68. The van der Waals surface area contributed by atoms with Crippen LogP contribution in [0.5, 0.6) is 5.75 Å². The summed E-state index contributed by atoms with van der Waals surface area (Å²) in [4.78, 5) is 2.55. The maximum atomic E-state index is 5.83. The van der Waals surface area contributed by atoms with Gasteiger partial charge in [0.2, 0.25) is 0 Å². The number of rotatable bonds is 3. The lowest BCUT2D eigenvalue weighted by atomic mass is 9.84. The molecule has 4 heteroatoms. The number of fused-ring (bicyclic) bond motifs is 3. The molecule has 98 valence electrons. The molecule has 0 saturated carbocycles. The number of benzene rings is 1. The van der Waals surface area contributed by atoms with Crippen LogP contribution in [0, 0.1) is 5.92 Å². The minimum Gasteiger partial charge on any atom is -0.495 e. The highest BCUT2D eigenvalue weighted by atomic mass is 16.5. The lowest BCUT2D eigenvalue weighted by molar-refractivity contribution is 0.0975. The van der Waals surface area contributed by atoms with Gasteiger partial charge in [0, 0.05) is 24.3 Å². The molecule has 0 spiro atoms. The average Bonchev–Trinajstić information content (AvgIpc) is 2.42. The van der Waals surface area contributed by atoms with Gasteiger partial charge in [-0.1, -0.05) is 0 Å². The van der Waals surface area contributed by atoms with E-state index in [-0.39, 0.29) is 0 Å². The van der Waals surface area contributed by atoms with E-state index in [4.69, 9.17) is 10.5 Å². The van der Waals surface area contributed by atoms with Crippen molar-refractivity contribution >= 4 is 11.4 Å². The van der Waals surface area contributed by atoms with Crippen LogP contribution in [0.15, 0.2) is 18.2 Å². The fourth-order valence-electron chi connectivity index (χ4n) is 3.14. The number of ether oxygens (including phenoxy) is 1. The minimum atomic E-state index is 0.570. The standard InChI is InChI=1S/C14H21N3O/c1-18-14-8-11(2-3-12(14)15)16-13-9-17-6-4-10(13)5-7-17/h2-3,8,10,13,16H,4-7,9,15H2,1H3. The zero-order valence-corrected chi connectivity index (χ0v) is 10.9. The second-order valence-electron chi connectivity index (χ2n) is 5.35. The van der Waals surface area contributed by atoms with E-state index in [0.29, 0.717) is 11.7 Å². The summed E-state index contributed by atoms with van der Waals surface area (Å²) in [5.41, 5.74) is 7.64. The summed E-state index contributed by atoms with van der Waals surface area (Å²) in [6, 6.07) is 6.51. The number of anilines is 2. The monoisotopic (exact) mass is 247 g/mol. The molecule has 1 unspecified atom stereocenters. The van der Waals surface area contributed by atoms with Crippen LogP contribution in [0.3, 0.4) is 0 Å². The predicted molar refractivity (Wildman–Crippen MR) is 74.0 cm³/mol. The Labute approximate surface area is 108 Å². The van der Waals surface area contributed by atoms with Crippen molar-refractivity contribution in [2.75, 3.05) is 37.8 Å². The largest absolute Gasteiger partial charge is 0.495 e. The van der Waals surface area contributed by atoms with Crippen LogP contribution in [0.1, 0.15) is 12.8 Å². The molecule has 3 N–H and O–H groups in total. The zero-order valence-electron chi connectivity index (χ0n) is 10.9. The Morgan fingerprint density at radius 2 is 2.11 bits per heavy atom. The molecule has 0 aromatic heterocycles. The van der Waals surface area contributed by atoms with Crippen molar-refractivity contribution in [2.45, 2.75) is 18.9 Å². The number of hydrogen-bond acceptors (Lipinski definition) is 4. The summed E-state index contributed by atoms with van der Waals surface area (Å²) in [5, 5.41) is 3.64. The van der Waals surface area contributed by atoms with Crippen LogP contribution < -0.4 is 15.8 Å². The number of piperidine rings is 3. The quantitative estimate of drug-likeness (QED) is 0.799. The van der Waals surface area contributed by atoms with Gasteiger partial charge in [0.25, 0.3) is 0 Å². The molecule has 1 aromatic rings. The maximum Gasteiger partial charge on any atom is 0.143 e. The summed E-state index contributed by atoms with van der Waals surface area (Å²) < 4.78 is 5.26. The van der Waals surface area contributed by atoms with Gasteiger partial charge in [-0.25, -0.2) is 0 Å². The van der Waals surface area contributed by atoms with Crippen molar-refractivity contribution in [1.82, 2.24) is 4.90 Å². The molecule has 0 radical (unpaired) electrons. The number of nitrogens with two attached hydrogens (primary N) is 1. The number of hydrogen-bond donors (Lipinski definition) is 2. The number of nitrogens with zero attached hydrogens (tertiary/aromatic N) is 1. The van der Waals surface area contributed by atoms with E-state index in [0.717, 1.165) is 23.9 Å². The number of nitrogen functional groups attached to an aromatic ring is 1. The van der Waals surface area contributed by atoms with Crippen molar-refractivity contribution in [3.8, 4) is 5.75 Å². The number of methoxy groups -OCH3 is 1. The second-order valence-corrected chi connectivity index (χ2v) is 5.35. The normalized spacial score (nSPS) is 30.2. The average molecular weight is 247 g/mol. The van der Waals surface area contributed by atoms with E-state index < -0.39 is 0 Å². The predicted octanol–water partition coefficient (Wildman–Crippen LogP) is 1.78. The van der Waals surface area contributed by atoms with E-state index in [2.05, 4.69) is 10.2 Å². The van der Waals surface area contributed by atoms with Gasteiger partial charge in [-0.3, -0.25) is 0 Å². The topological polar surface area (TPSA) is 50.5 Å². The molecule has 18 heavy (non-hydrogen) atoms. The van der Waals surface area contributed by atoms with Crippen molar-refractivity contribution in [3.63, 3.8) is 0 Å². The Morgan fingerprint density at radius 1 is 1.33 bits per heavy atom. The fraction of sp³-hybridized carbons (Fsp3) is 0.571. The molecule has 0 aliphatic carbocycles. The van der Waals surface area contributed by atoms with Gasteiger partial charge in [0.15, 0.2) is 0 Å². The first kappa shape index (κ1) is 11.7. The molecule has 3 saturated heterocycles. The third-order valence-electron chi connectivity index (χ3n) is 4.24. The zero-order chi connectivity index (χ0) is 12.5. The van der Waals surface area contributed by atoms with E-state index in [1.54, 1.807) is 7.11 Å². The van der Waals surface area contributed by atoms with Crippen molar-refractivity contribution < 1.29 is 4.74 Å². The van der Waals surface area contributed by atoms with Gasteiger partial charge in [-0.2, -0.15) is 0 Å². The van der Waals surface area contributed by atoms with Crippen LogP contribution in [-0.4, -0.2) is 37.7 Å². The molecule has 4 nitrogen and oxygen atoms in total. The van der Waals surface area contributed by atoms with Gasteiger partial charge in [-0.05, 0) is 44.0 Å². The Morgan fingerprint density at radius 3 is 2.72 bits per heavy atom. The van der Waals surface area contributed by atoms with E-state index in [9.17, 15) is 0 Å². The van der Waals surface area contributed by atoms with Gasteiger partial charge >= 0.3 is 0 Å². The molecule has 2 bridgehead atoms. The van der Waals surface area contributed by atoms with Crippen LogP contribution in [0.2, 0.25) is 0 Å². The molecule has 1 aromatic carbocycles. The highest BCUT2D eigenvalue weighted by Gasteiger charge is 2.33. The molecule has 3 heterocycles. The molecule has 3 aliphatic rings. The summed E-state index contributed by atoms with van der Waals surface area (Å²) in [7, 11) is 1.66. The van der Waals surface area contributed by atoms with E-state index in [1.807, 2.05) is 18.2 Å². The molecule has 3 aliphatic heterocycles. The third-order valence-corrected chi connectivity index (χ3v) is 4.24. The molecule has 3 fully saturated rings. The van der Waals surface area contributed by atoms with Gasteiger partial charge < -0.3 is 20.7 Å². The molecular weight excluding hydrogens is 226 g/mol. The lowest BCUT2D eigenvalue weighted by Crippen LogP contribution is -2.53. The van der Waals surface area contributed by atoms with Crippen LogP contribution >= 0.6 is 0 Å². The summed E-state index contributed by atoms with van der Waals surface area (Å²) >= 11 is 0. The Kier molecular flexibility index (Phi) is 3.04. The van der Waals surface area contributed by atoms with Crippen molar-refractivity contribution in [2.24, 2.45) is 5.92 Å². The lowest BCUT2D eigenvalue weighted by Gasteiger charge is -2.45. The van der Waals surface area contributed by atoms with Crippen molar-refractivity contribution in [1.29, 1.82) is 0 Å². The fourth-order valence-corrected chi connectivity index (χ4v) is 3.14. The van der Waals surface area contributed by atoms with Gasteiger partial charge in [0.05, 0.1) is 12.8 Å². The molecule has 0 amide bonds. The highest BCUT2D eigenvalue weighted by molar-refractivity contribution is 5.61. The first-order chi connectivity index (χ1) is 8.76. The molecule has 4 rings (SSSR count). The Balaban J connectivity index is 1.72. The Hall–Kier alpha value is -1.42. The van der Waals surface area contributed by atoms with Gasteiger partial charge in [-0.15, -0.1) is 0 Å². The first-order valence-corrected chi connectivity index (χ1v) is 6.68. The minimum absolute atomic E-state index is 0.570. The summed E-state index contributed by atoms with van der Waals surface area (Å²) in [6.07, 6.45) is 2.65. The van der Waals surface area contributed by atoms with Crippen LogP contribution in [0.4, 0.5) is 11.4 Å². The Bertz CT molecular complexity index is 427. The second kappa shape index (κ2) is 4.69. The number of nitrogens with one attached hydrogen (secondary N) is 1. The maximum absolute atomic E-state index is 5.83. The summed E-state index contributed by atoms with van der Waals surface area (Å²) in [5.74, 6) is 1.57. The van der Waals surface area contributed by atoms with Crippen molar-refractivity contribution in [3.05, 3.63) is 18.2 Å².